The van der Waals surface area contributed by atoms with Gasteiger partial charge >= 0.3 is 0 Å². The largest absolute Gasteiger partial charge is 0.277 e. The van der Waals surface area contributed by atoms with Crippen molar-refractivity contribution in [1.29, 1.82) is 0 Å². The topological polar surface area (TPSA) is 71.9 Å². The molecule has 0 atom stereocenters. The summed E-state index contributed by atoms with van der Waals surface area (Å²) < 4.78 is 0. The van der Waals surface area contributed by atoms with E-state index in [2.05, 4.69) is 19.9 Å². The first-order valence-electron chi connectivity index (χ1n) is 8.13. The number of nitrogens with zero attached hydrogens (tertiary/aromatic N) is 5. The lowest BCUT2D eigenvalue weighted by Gasteiger charge is -2.19. The minimum absolute atomic E-state index is 0.0317. The SMILES string of the molecule is Cc1ncc(-c2ccc3c(c2)N(c2cnc(Cl)nc2)C(=O)C3(C)C)cn1. The number of benzene rings is 1. The Labute approximate surface area is 155 Å². The van der Waals surface area contributed by atoms with Crippen LogP contribution in [0, 0.1) is 6.92 Å². The summed E-state index contributed by atoms with van der Waals surface area (Å²) in [5.74, 6) is 0.682. The molecule has 1 aliphatic rings. The van der Waals surface area contributed by atoms with E-state index in [0.717, 1.165) is 22.4 Å². The molecule has 3 heterocycles. The van der Waals surface area contributed by atoms with Gasteiger partial charge in [-0.25, -0.2) is 19.9 Å². The Bertz CT molecular complexity index is 999. The van der Waals surface area contributed by atoms with E-state index >= 15 is 0 Å². The predicted molar refractivity (Wildman–Crippen MR) is 99.4 cm³/mol. The van der Waals surface area contributed by atoms with Gasteiger partial charge in [0.2, 0.25) is 11.2 Å². The van der Waals surface area contributed by atoms with Crippen LogP contribution in [0.25, 0.3) is 11.1 Å². The van der Waals surface area contributed by atoms with Gasteiger partial charge in [0.25, 0.3) is 0 Å². The summed E-state index contributed by atoms with van der Waals surface area (Å²) in [5.41, 5.74) is 3.54. The highest BCUT2D eigenvalue weighted by Gasteiger charge is 2.44. The molecule has 0 saturated carbocycles. The number of aromatic nitrogens is 4. The number of aryl methyl sites for hydroxylation is 1. The molecule has 2 aromatic heterocycles. The molecule has 0 radical (unpaired) electrons. The summed E-state index contributed by atoms with van der Waals surface area (Å²) in [7, 11) is 0. The molecule has 130 valence electrons. The van der Waals surface area contributed by atoms with Gasteiger partial charge in [-0.15, -0.1) is 0 Å². The summed E-state index contributed by atoms with van der Waals surface area (Å²) in [6, 6.07) is 5.95. The van der Waals surface area contributed by atoms with E-state index in [9.17, 15) is 4.79 Å². The number of halogens is 1. The summed E-state index contributed by atoms with van der Waals surface area (Å²) in [6.45, 7) is 5.68. The quantitative estimate of drug-likeness (QED) is 0.645. The van der Waals surface area contributed by atoms with Gasteiger partial charge < -0.3 is 0 Å². The number of anilines is 2. The van der Waals surface area contributed by atoms with Gasteiger partial charge in [-0.05, 0) is 49.6 Å². The van der Waals surface area contributed by atoms with Crippen molar-refractivity contribution in [2.45, 2.75) is 26.2 Å². The molecule has 7 heteroatoms. The number of amides is 1. The minimum Gasteiger partial charge on any atom is -0.277 e. The monoisotopic (exact) mass is 365 g/mol. The Morgan fingerprint density at radius 1 is 0.962 bits per heavy atom. The fourth-order valence-corrected chi connectivity index (χ4v) is 3.25. The lowest BCUT2D eigenvalue weighted by atomic mass is 9.85. The summed E-state index contributed by atoms with van der Waals surface area (Å²) in [4.78, 5) is 31.2. The number of hydrogen-bond acceptors (Lipinski definition) is 5. The Kier molecular flexibility index (Phi) is 3.73. The minimum atomic E-state index is -0.642. The van der Waals surface area contributed by atoms with E-state index in [0.29, 0.717) is 11.5 Å². The van der Waals surface area contributed by atoms with Crippen molar-refractivity contribution >= 4 is 28.9 Å². The van der Waals surface area contributed by atoms with Crippen LogP contribution in [-0.4, -0.2) is 25.8 Å². The molecule has 0 saturated heterocycles. The van der Waals surface area contributed by atoms with Gasteiger partial charge in [-0.2, -0.15) is 0 Å². The maximum absolute atomic E-state index is 13.1. The Morgan fingerprint density at radius 2 is 1.62 bits per heavy atom. The van der Waals surface area contributed by atoms with Crippen LogP contribution in [0.4, 0.5) is 11.4 Å². The average Bonchev–Trinajstić information content (AvgIpc) is 2.83. The lowest BCUT2D eigenvalue weighted by Crippen LogP contribution is -2.33. The molecule has 1 amide bonds. The molecule has 0 unspecified atom stereocenters. The molecule has 0 aliphatic carbocycles. The molecule has 0 fully saturated rings. The van der Waals surface area contributed by atoms with Gasteiger partial charge in [0.05, 0.1) is 29.2 Å². The Hall–Kier alpha value is -2.86. The fourth-order valence-electron chi connectivity index (χ4n) is 3.15. The van der Waals surface area contributed by atoms with Crippen LogP contribution >= 0.6 is 11.6 Å². The highest BCUT2D eigenvalue weighted by molar-refractivity contribution is 6.28. The van der Waals surface area contributed by atoms with Crippen molar-refractivity contribution in [2.75, 3.05) is 4.90 Å². The molecule has 6 nitrogen and oxygen atoms in total. The van der Waals surface area contributed by atoms with E-state index in [4.69, 9.17) is 11.6 Å². The van der Waals surface area contributed by atoms with Crippen LogP contribution in [-0.2, 0) is 10.2 Å². The van der Waals surface area contributed by atoms with Gasteiger partial charge in [-0.1, -0.05) is 12.1 Å². The van der Waals surface area contributed by atoms with Crippen LogP contribution in [0.2, 0.25) is 5.28 Å². The Balaban J connectivity index is 1.87. The molecule has 0 spiro atoms. The average molecular weight is 366 g/mol. The first-order valence-corrected chi connectivity index (χ1v) is 8.51. The van der Waals surface area contributed by atoms with Crippen molar-refractivity contribution in [3.63, 3.8) is 0 Å². The highest BCUT2D eigenvalue weighted by atomic mass is 35.5. The predicted octanol–water partition coefficient (Wildman–Crippen LogP) is 3.85. The second kappa shape index (κ2) is 5.85. The van der Waals surface area contributed by atoms with Crippen LogP contribution in [0.3, 0.4) is 0 Å². The first kappa shape index (κ1) is 16.6. The van der Waals surface area contributed by atoms with E-state index in [1.165, 1.54) is 0 Å². The van der Waals surface area contributed by atoms with Crippen molar-refractivity contribution in [1.82, 2.24) is 19.9 Å². The number of hydrogen-bond donors (Lipinski definition) is 0. The van der Waals surface area contributed by atoms with Gasteiger partial charge in [0.1, 0.15) is 5.82 Å². The summed E-state index contributed by atoms with van der Waals surface area (Å²) in [6.07, 6.45) is 6.67. The zero-order valence-corrected chi connectivity index (χ0v) is 15.3. The third-order valence-corrected chi connectivity index (χ3v) is 4.82. The van der Waals surface area contributed by atoms with E-state index in [-0.39, 0.29) is 11.2 Å². The smallest absolute Gasteiger partial charge is 0.241 e. The van der Waals surface area contributed by atoms with Crippen LogP contribution in [0.1, 0.15) is 25.2 Å². The molecular formula is C19H16ClN5O. The van der Waals surface area contributed by atoms with Gasteiger partial charge in [0, 0.05) is 18.0 Å². The molecule has 1 aliphatic heterocycles. The van der Waals surface area contributed by atoms with Crippen LogP contribution < -0.4 is 4.90 Å². The van der Waals surface area contributed by atoms with Crippen molar-refractivity contribution < 1.29 is 4.79 Å². The van der Waals surface area contributed by atoms with Crippen molar-refractivity contribution in [3.05, 3.63) is 59.7 Å². The van der Waals surface area contributed by atoms with Crippen molar-refractivity contribution in [2.24, 2.45) is 0 Å². The standard InChI is InChI=1S/C19H16ClN5O/c1-11-21-7-13(8-22-11)12-4-5-15-16(6-12)25(17(26)19(15,2)3)14-9-23-18(20)24-10-14/h4-10H,1-3H3. The molecule has 4 rings (SSSR count). The molecule has 1 aromatic carbocycles. The number of fused-ring (bicyclic) bond motifs is 1. The molecule has 26 heavy (non-hydrogen) atoms. The third-order valence-electron chi connectivity index (χ3n) is 4.63. The summed E-state index contributed by atoms with van der Waals surface area (Å²) in [5, 5.41) is 0.144. The third kappa shape index (κ3) is 2.54. The lowest BCUT2D eigenvalue weighted by molar-refractivity contribution is -0.121. The molecule has 3 aromatic rings. The summed E-state index contributed by atoms with van der Waals surface area (Å²) >= 11 is 5.79. The molecule has 0 bridgehead atoms. The zero-order chi connectivity index (χ0) is 18.5. The van der Waals surface area contributed by atoms with E-state index in [1.54, 1.807) is 29.7 Å². The van der Waals surface area contributed by atoms with E-state index in [1.807, 2.05) is 39.0 Å². The maximum Gasteiger partial charge on any atom is 0.241 e. The highest BCUT2D eigenvalue weighted by Crippen LogP contribution is 2.46. The molecule has 0 N–H and O–H groups in total. The van der Waals surface area contributed by atoms with Crippen LogP contribution in [0.5, 0.6) is 0 Å². The second-order valence-corrected chi connectivity index (χ2v) is 7.06. The normalized spacial score (nSPS) is 15.2. The van der Waals surface area contributed by atoms with Crippen molar-refractivity contribution in [3.8, 4) is 11.1 Å². The Morgan fingerprint density at radius 3 is 2.27 bits per heavy atom. The number of carbonyl (C=O) groups is 1. The first-order chi connectivity index (χ1) is 12.4. The van der Waals surface area contributed by atoms with E-state index < -0.39 is 5.41 Å². The second-order valence-electron chi connectivity index (χ2n) is 6.73. The van der Waals surface area contributed by atoms with Gasteiger partial charge in [0.15, 0.2) is 0 Å². The molecular weight excluding hydrogens is 350 g/mol. The fraction of sp³-hybridized carbons (Fsp3) is 0.211. The number of carbonyl (C=O) groups excluding carboxylic acids is 1. The van der Waals surface area contributed by atoms with Crippen LogP contribution in [0.15, 0.2) is 43.0 Å². The maximum atomic E-state index is 13.1. The van der Waals surface area contributed by atoms with Gasteiger partial charge in [-0.3, -0.25) is 9.69 Å². The number of rotatable bonds is 2. The zero-order valence-electron chi connectivity index (χ0n) is 14.6.